The van der Waals surface area contributed by atoms with Gasteiger partial charge in [0.1, 0.15) is 4.90 Å². The molecule has 2 aromatic rings. The molecule has 2 aromatic heterocycles. The molecule has 2 heterocycles. The first-order valence-corrected chi connectivity index (χ1v) is 6.67. The summed E-state index contributed by atoms with van der Waals surface area (Å²) in [6.07, 6.45) is 2.99. The number of anilines is 1. The van der Waals surface area contributed by atoms with Gasteiger partial charge in [0, 0.05) is 19.8 Å². The van der Waals surface area contributed by atoms with Gasteiger partial charge < -0.3 is 5.73 Å². The summed E-state index contributed by atoms with van der Waals surface area (Å²) in [5, 5.41) is 10.4. The Morgan fingerprint density at radius 2 is 2.28 bits per heavy atom. The van der Waals surface area contributed by atoms with Crippen LogP contribution in [0.15, 0.2) is 17.3 Å². The topological polar surface area (TPSA) is 119 Å². The molecule has 2 rings (SSSR count). The van der Waals surface area contributed by atoms with Crippen LogP contribution in [0.5, 0.6) is 0 Å². The number of hydrogen-bond acceptors (Lipinski definition) is 5. The Kier molecular flexibility index (Phi) is 3.09. The largest absolute Gasteiger partial charge is 0.325 e. The second kappa shape index (κ2) is 4.42. The minimum Gasteiger partial charge on any atom is -0.325 e. The fraction of sp³-hybridized carbons (Fsp3) is 0.333. The zero-order valence-corrected chi connectivity index (χ0v) is 10.8. The molecule has 98 valence electrons. The van der Waals surface area contributed by atoms with Crippen molar-refractivity contribution in [3.8, 4) is 0 Å². The molecule has 0 radical (unpaired) electrons. The number of H-pyrrole nitrogens is 1. The Balaban J connectivity index is 2.39. The highest BCUT2D eigenvalue weighted by Gasteiger charge is 2.24. The van der Waals surface area contributed by atoms with Gasteiger partial charge in [0.2, 0.25) is 0 Å². The number of sulfonamides is 1. The Morgan fingerprint density at radius 1 is 1.56 bits per heavy atom. The number of rotatable bonds is 4. The van der Waals surface area contributed by atoms with Gasteiger partial charge in [0.25, 0.3) is 10.0 Å². The van der Waals surface area contributed by atoms with E-state index in [0.29, 0.717) is 17.1 Å². The van der Waals surface area contributed by atoms with Crippen LogP contribution in [0.25, 0.3) is 0 Å². The number of nitrogens with zero attached hydrogens (tertiary/aromatic N) is 3. The molecule has 0 aliphatic carbocycles. The summed E-state index contributed by atoms with van der Waals surface area (Å²) in [4.78, 5) is 0.0915. The highest BCUT2D eigenvalue weighted by Crippen LogP contribution is 2.20. The molecule has 0 spiro atoms. The maximum absolute atomic E-state index is 12.2. The lowest BCUT2D eigenvalue weighted by Gasteiger charge is -2.06. The quantitative estimate of drug-likeness (QED) is 0.705. The Morgan fingerprint density at radius 3 is 2.83 bits per heavy atom. The number of hydrogen-bond donors (Lipinski definition) is 3. The Labute approximate surface area is 104 Å². The normalized spacial score (nSPS) is 11.7. The van der Waals surface area contributed by atoms with Gasteiger partial charge in [-0.1, -0.05) is 0 Å². The van der Waals surface area contributed by atoms with E-state index in [-0.39, 0.29) is 11.4 Å². The molecule has 0 aliphatic rings. The van der Waals surface area contributed by atoms with E-state index in [1.807, 2.05) is 0 Å². The van der Waals surface area contributed by atoms with Crippen molar-refractivity contribution in [1.82, 2.24) is 20.0 Å². The maximum atomic E-state index is 12.2. The predicted molar refractivity (Wildman–Crippen MR) is 65.2 cm³/mol. The summed E-state index contributed by atoms with van der Waals surface area (Å²) in [6.45, 7) is 1.68. The van der Waals surface area contributed by atoms with Gasteiger partial charge in [0.15, 0.2) is 0 Å². The maximum Gasteiger partial charge on any atom is 0.265 e. The highest BCUT2D eigenvalue weighted by molar-refractivity contribution is 7.92. The van der Waals surface area contributed by atoms with E-state index in [2.05, 4.69) is 20.0 Å². The number of nitrogens with one attached hydrogen (secondary N) is 2. The number of nitrogens with two attached hydrogens (primary N) is 1. The molecule has 0 aromatic carbocycles. The fourth-order valence-corrected chi connectivity index (χ4v) is 3.05. The summed E-state index contributed by atoms with van der Waals surface area (Å²) in [7, 11) is -2.01. The van der Waals surface area contributed by atoms with E-state index >= 15 is 0 Å². The average Bonchev–Trinajstić information content (AvgIpc) is 2.84. The molecule has 0 atom stereocenters. The van der Waals surface area contributed by atoms with Gasteiger partial charge in [-0.3, -0.25) is 14.5 Å². The number of aryl methyl sites for hydroxylation is 2. The first-order valence-electron chi connectivity index (χ1n) is 5.19. The van der Waals surface area contributed by atoms with Crippen LogP contribution < -0.4 is 10.5 Å². The first-order chi connectivity index (χ1) is 8.44. The average molecular weight is 270 g/mol. The van der Waals surface area contributed by atoms with Gasteiger partial charge in [-0.15, -0.1) is 0 Å². The minimum atomic E-state index is -3.71. The lowest BCUT2D eigenvalue weighted by molar-refractivity contribution is 0.599. The smallest absolute Gasteiger partial charge is 0.265 e. The van der Waals surface area contributed by atoms with Gasteiger partial charge in [-0.2, -0.15) is 10.2 Å². The standard InChI is InChI=1S/C9H14N6O2S/c1-6-9(8(3-10)13-12-6)18(16,17)14-7-4-11-15(2)5-7/h4-5,14H,3,10H2,1-2H3,(H,12,13). The van der Waals surface area contributed by atoms with Crippen molar-refractivity contribution in [2.24, 2.45) is 12.8 Å². The Bertz CT molecular complexity index is 656. The molecular formula is C9H14N6O2S. The molecule has 0 fully saturated rings. The van der Waals surface area contributed by atoms with Crippen LogP contribution in [-0.2, 0) is 23.6 Å². The van der Waals surface area contributed by atoms with Crippen LogP contribution >= 0.6 is 0 Å². The van der Waals surface area contributed by atoms with Crippen LogP contribution in [0.3, 0.4) is 0 Å². The molecule has 0 unspecified atom stereocenters. The molecule has 8 nitrogen and oxygen atoms in total. The van der Waals surface area contributed by atoms with Crippen molar-refractivity contribution in [3.63, 3.8) is 0 Å². The van der Waals surface area contributed by atoms with Gasteiger partial charge in [-0.25, -0.2) is 8.42 Å². The van der Waals surface area contributed by atoms with Gasteiger partial charge in [0.05, 0.1) is 23.3 Å². The number of aromatic nitrogens is 4. The lowest BCUT2D eigenvalue weighted by Crippen LogP contribution is -2.16. The third-order valence-corrected chi connectivity index (χ3v) is 3.96. The van der Waals surface area contributed by atoms with E-state index in [4.69, 9.17) is 5.73 Å². The molecule has 18 heavy (non-hydrogen) atoms. The minimum absolute atomic E-state index is 0.0492. The molecule has 4 N–H and O–H groups in total. The first kappa shape index (κ1) is 12.6. The van der Waals surface area contributed by atoms with Crippen molar-refractivity contribution in [3.05, 3.63) is 23.8 Å². The van der Waals surface area contributed by atoms with E-state index in [0.717, 1.165) is 0 Å². The highest BCUT2D eigenvalue weighted by atomic mass is 32.2. The van der Waals surface area contributed by atoms with Crippen molar-refractivity contribution < 1.29 is 8.42 Å². The van der Waals surface area contributed by atoms with Crippen LogP contribution in [-0.4, -0.2) is 28.4 Å². The summed E-state index contributed by atoms with van der Waals surface area (Å²) in [5.41, 5.74) is 6.62. The second-order valence-corrected chi connectivity index (χ2v) is 5.46. The zero-order chi connectivity index (χ0) is 13.3. The van der Waals surface area contributed by atoms with Crippen LogP contribution in [0.1, 0.15) is 11.4 Å². The molecule has 0 bridgehead atoms. The number of aromatic amines is 1. The molecule has 0 saturated heterocycles. The van der Waals surface area contributed by atoms with Crippen LogP contribution in [0.2, 0.25) is 0 Å². The monoisotopic (exact) mass is 270 g/mol. The molecule has 0 amide bonds. The zero-order valence-electron chi connectivity index (χ0n) is 10.0. The molecule has 0 aliphatic heterocycles. The summed E-state index contributed by atoms with van der Waals surface area (Å²) >= 11 is 0. The van der Waals surface area contributed by atoms with E-state index < -0.39 is 10.0 Å². The van der Waals surface area contributed by atoms with E-state index in [1.165, 1.54) is 10.9 Å². The lowest BCUT2D eigenvalue weighted by atomic mass is 10.4. The van der Waals surface area contributed by atoms with Crippen LogP contribution in [0, 0.1) is 6.92 Å². The summed E-state index contributed by atoms with van der Waals surface area (Å²) in [5.74, 6) is 0. The van der Waals surface area contributed by atoms with Crippen molar-refractivity contribution in [2.75, 3.05) is 4.72 Å². The molecular weight excluding hydrogens is 256 g/mol. The van der Waals surface area contributed by atoms with Gasteiger partial charge >= 0.3 is 0 Å². The molecule has 0 saturated carbocycles. The second-order valence-electron chi connectivity index (χ2n) is 3.84. The SMILES string of the molecule is Cc1[nH]nc(CN)c1S(=O)(=O)Nc1cnn(C)c1. The van der Waals surface area contributed by atoms with Crippen molar-refractivity contribution in [1.29, 1.82) is 0 Å². The van der Waals surface area contributed by atoms with Crippen LogP contribution in [0.4, 0.5) is 5.69 Å². The van der Waals surface area contributed by atoms with Crippen molar-refractivity contribution >= 4 is 15.7 Å². The van der Waals surface area contributed by atoms with E-state index in [1.54, 1.807) is 20.2 Å². The third kappa shape index (κ3) is 2.22. The van der Waals surface area contributed by atoms with Gasteiger partial charge in [-0.05, 0) is 6.92 Å². The predicted octanol–water partition coefficient (Wildman–Crippen LogP) is -0.289. The molecule has 9 heteroatoms. The van der Waals surface area contributed by atoms with Crippen molar-refractivity contribution in [2.45, 2.75) is 18.4 Å². The summed E-state index contributed by atoms with van der Waals surface area (Å²) in [6, 6.07) is 0. The van der Waals surface area contributed by atoms with E-state index in [9.17, 15) is 8.42 Å². The summed E-state index contributed by atoms with van der Waals surface area (Å²) < 4.78 is 28.4. The Hall–Kier alpha value is -1.87. The fourth-order valence-electron chi connectivity index (χ4n) is 1.64. The third-order valence-electron chi connectivity index (χ3n) is 2.38.